The zero-order valence-corrected chi connectivity index (χ0v) is 9.56. The van der Waals surface area contributed by atoms with Gasteiger partial charge in [-0.2, -0.15) is 0 Å². The Balaban J connectivity index is 0. The number of hydrogen-bond acceptors (Lipinski definition) is 3. The molecule has 72 valence electrons. The first kappa shape index (κ1) is 14.5. The van der Waals surface area contributed by atoms with Crippen LogP contribution in [0.3, 0.4) is 0 Å². The molecule has 5 heteroatoms. The van der Waals surface area contributed by atoms with Crippen molar-refractivity contribution >= 4 is 8.60 Å². The average molecular weight is 273 g/mol. The fraction of sp³-hybridized carbons (Fsp3) is 1.00. The Morgan fingerprint density at radius 1 is 0.818 bits per heavy atom. The summed E-state index contributed by atoms with van der Waals surface area (Å²) in [6.45, 7) is 7.71. The van der Waals surface area contributed by atoms with E-state index in [0.717, 1.165) is 0 Å². The second-order valence-corrected chi connectivity index (χ2v) is 2.70. The van der Waals surface area contributed by atoms with E-state index < -0.39 is 8.60 Å². The molecule has 0 bridgehead atoms. The monoisotopic (exact) mass is 272 g/mol. The molecule has 0 unspecified atom stereocenters. The van der Waals surface area contributed by atoms with E-state index in [1.54, 1.807) is 0 Å². The van der Waals surface area contributed by atoms with Crippen molar-refractivity contribution in [3.63, 3.8) is 0 Å². The van der Waals surface area contributed by atoms with E-state index in [-0.39, 0.29) is 20.4 Å². The van der Waals surface area contributed by atoms with Crippen LogP contribution in [0.1, 0.15) is 20.8 Å². The molecule has 0 atom stereocenters. The summed E-state index contributed by atoms with van der Waals surface area (Å²) in [4.78, 5) is 0. The van der Waals surface area contributed by atoms with E-state index >= 15 is 0 Å². The van der Waals surface area contributed by atoms with Crippen LogP contribution in [0, 0.1) is 0 Å². The molecule has 0 saturated heterocycles. The SMILES string of the molecule is CCOP(OCC)OCC.[Pd]. The minimum atomic E-state index is -1.06. The molecular weight excluding hydrogens is 257 g/mol. The zero-order valence-electron chi connectivity index (χ0n) is 7.11. The molecule has 0 aromatic heterocycles. The van der Waals surface area contributed by atoms with Crippen LogP contribution in [0.4, 0.5) is 0 Å². The van der Waals surface area contributed by atoms with Gasteiger partial charge >= 0.3 is 8.60 Å². The summed E-state index contributed by atoms with van der Waals surface area (Å²) in [5, 5.41) is 0. The molecule has 0 aromatic carbocycles. The predicted molar refractivity (Wildman–Crippen MR) is 41.8 cm³/mol. The Morgan fingerprint density at radius 2 is 1.09 bits per heavy atom. The van der Waals surface area contributed by atoms with E-state index in [2.05, 4.69) is 0 Å². The molecule has 11 heavy (non-hydrogen) atoms. The maximum absolute atomic E-state index is 5.14. The maximum atomic E-state index is 5.14. The molecule has 0 heterocycles. The standard InChI is InChI=1S/C6H15O3P.Pd/c1-4-7-10(8-5-2)9-6-3;/h4-6H2,1-3H3;. The van der Waals surface area contributed by atoms with E-state index in [9.17, 15) is 0 Å². The quantitative estimate of drug-likeness (QED) is 0.549. The smallest absolute Gasteiger partial charge is 0.313 e. The van der Waals surface area contributed by atoms with E-state index in [1.807, 2.05) is 20.8 Å². The Hall–Kier alpha value is 0.972. The molecular formula is C6H15O3PPd. The van der Waals surface area contributed by atoms with Gasteiger partial charge in [-0.3, -0.25) is 0 Å². The molecule has 0 amide bonds. The van der Waals surface area contributed by atoms with Crippen molar-refractivity contribution in [3.8, 4) is 0 Å². The molecule has 0 aromatic rings. The molecule has 0 aliphatic heterocycles. The van der Waals surface area contributed by atoms with Gasteiger partial charge in [0.25, 0.3) is 0 Å². The van der Waals surface area contributed by atoms with Gasteiger partial charge in [0.1, 0.15) is 0 Å². The molecule has 0 saturated carbocycles. The van der Waals surface area contributed by atoms with Crippen molar-refractivity contribution in [1.29, 1.82) is 0 Å². The van der Waals surface area contributed by atoms with Crippen LogP contribution in [0.25, 0.3) is 0 Å². The first-order valence-electron chi connectivity index (χ1n) is 3.54. The summed E-state index contributed by atoms with van der Waals surface area (Å²) in [6, 6.07) is 0. The third-order valence-electron chi connectivity index (χ3n) is 0.704. The molecule has 0 spiro atoms. The topological polar surface area (TPSA) is 27.7 Å². The van der Waals surface area contributed by atoms with Gasteiger partial charge in [-0.1, -0.05) is 0 Å². The Bertz CT molecular complexity index is 60.6. The average Bonchev–Trinajstić information content (AvgIpc) is 1.90. The van der Waals surface area contributed by atoms with Crippen LogP contribution in [0.15, 0.2) is 0 Å². The van der Waals surface area contributed by atoms with E-state index in [0.29, 0.717) is 19.8 Å². The summed E-state index contributed by atoms with van der Waals surface area (Å²) in [7, 11) is -1.06. The Kier molecular flexibility index (Phi) is 14.5. The van der Waals surface area contributed by atoms with Crippen LogP contribution in [0.5, 0.6) is 0 Å². The van der Waals surface area contributed by atoms with Gasteiger partial charge in [-0.05, 0) is 20.8 Å². The van der Waals surface area contributed by atoms with Crippen molar-refractivity contribution in [2.24, 2.45) is 0 Å². The van der Waals surface area contributed by atoms with Gasteiger partial charge in [0, 0.05) is 20.4 Å². The number of hydrogen-bond donors (Lipinski definition) is 0. The fourth-order valence-electron chi connectivity index (χ4n) is 0.428. The minimum absolute atomic E-state index is 0. The third-order valence-corrected chi connectivity index (χ3v) is 2.11. The van der Waals surface area contributed by atoms with Crippen LogP contribution < -0.4 is 0 Å². The molecule has 0 fully saturated rings. The van der Waals surface area contributed by atoms with Crippen molar-refractivity contribution in [2.75, 3.05) is 19.8 Å². The second-order valence-electron chi connectivity index (χ2n) is 1.48. The molecule has 0 aliphatic rings. The van der Waals surface area contributed by atoms with Gasteiger partial charge in [-0.25, -0.2) is 0 Å². The van der Waals surface area contributed by atoms with Crippen molar-refractivity contribution in [1.82, 2.24) is 0 Å². The summed E-state index contributed by atoms with van der Waals surface area (Å²) < 4.78 is 15.4. The largest absolute Gasteiger partial charge is 0.332 e. The fourth-order valence-corrected chi connectivity index (χ4v) is 1.28. The summed E-state index contributed by atoms with van der Waals surface area (Å²) in [5.74, 6) is 0. The van der Waals surface area contributed by atoms with Crippen LogP contribution >= 0.6 is 8.60 Å². The van der Waals surface area contributed by atoms with Crippen LogP contribution in [0.2, 0.25) is 0 Å². The first-order valence-corrected chi connectivity index (χ1v) is 4.63. The van der Waals surface area contributed by atoms with Crippen molar-refractivity contribution in [3.05, 3.63) is 0 Å². The van der Waals surface area contributed by atoms with Crippen molar-refractivity contribution in [2.45, 2.75) is 20.8 Å². The molecule has 0 aliphatic carbocycles. The molecule has 0 rings (SSSR count). The van der Waals surface area contributed by atoms with Crippen LogP contribution in [-0.4, -0.2) is 19.8 Å². The Morgan fingerprint density at radius 3 is 1.27 bits per heavy atom. The molecule has 0 N–H and O–H groups in total. The Labute approximate surface area is 83.4 Å². The molecule has 3 nitrogen and oxygen atoms in total. The van der Waals surface area contributed by atoms with E-state index in [4.69, 9.17) is 13.6 Å². The summed E-state index contributed by atoms with van der Waals surface area (Å²) in [5.41, 5.74) is 0. The van der Waals surface area contributed by atoms with Gasteiger partial charge in [0.15, 0.2) is 0 Å². The van der Waals surface area contributed by atoms with Crippen LogP contribution in [-0.2, 0) is 34.0 Å². The first-order chi connectivity index (χ1) is 4.85. The van der Waals surface area contributed by atoms with Gasteiger partial charge in [0.05, 0.1) is 19.8 Å². The third kappa shape index (κ3) is 8.88. The second kappa shape index (κ2) is 11.0. The predicted octanol–water partition coefficient (Wildman–Crippen LogP) is 2.32. The number of rotatable bonds is 6. The van der Waals surface area contributed by atoms with Gasteiger partial charge in [0.2, 0.25) is 0 Å². The minimum Gasteiger partial charge on any atom is -0.313 e. The normalized spacial score (nSPS) is 9.82. The zero-order chi connectivity index (χ0) is 7.82. The maximum Gasteiger partial charge on any atom is 0.332 e. The van der Waals surface area contributed by atoms with Gasteiger partial charge < -0.3 is 13.6 Å². The summed E-state index contributed by atoms with van der Waals surface area (Å²) >= 11 is 0. The van der Waals surface area contributed by atoms with E-state index in [1.165, 1.54) is 0 Å². The molecule has 0 radical (unpaired) electrons. The van der Waals surface area contributed by atoms with Gasteiger partial charge in [-0.15, -0.1) is 0 Å². The summed E-state index contributed by atoms with van der Waals surface area (Å²) in [6.07, 6.45) is 0. The van der Waals surface area contributed by atoms with Crippen molar-refractivity contribution < 1.29 is 34.0 Å².